The zero-order valence-corrected chi connectivity index (χ0v) is 19.5. The minimum atomic E-state index is -3.84. The first-order chi connectivity index (χ1) is 15.1. The second-order valence-electron chi connectivity index (χ2n) is 6.65. The van der Waals surface area contributed by atoms with Crippen LogP contribution in [-0.4, -0.2) is 40.0 Å². The molecule has 1 N–H and O–H groups in total. The van der Waals surface area contributed by atoms with E-state index in [0.29, 0.717) is 10.7 Å². The summed E-state index contributed by atoms with van der Waals surface area (Å²) in [5.74, 6) is -1.27. The summed E-state index contributed by atoms with van der Waals surface area (Å²) in [4.78, 5) is 25.9. The minimum Gasteiger partial charge on any atom is -0.456 e. The molecule has 0 unspecified atom stereocenters. The lowest BCUT2D eigenvalue weighted by Gasteiger charge is -2.22. The van der Waals surface area contributed by atoms with E-state index in [0.717, 1.165) is 5.56 Å². The van der Waals surface area contributed by atoms with Crippen molar-refractivity contribution in [3.63, 3.8) is 0 Å². The third-order valence-electron chi connectivity index (χ3n) is 4.29. The summed E-state index contributed by atoms with van der Waals surface area (Å²) in [5.41, 5.74) is 1.28. The van der Waals surface area contributed by atoms with Crippen molar-refractivity contribution in [1.29, 1.82) is 5.26 Å². The minimum absolute atomic E-state index is 0.0278. The summed E-state index contributed by atoms with van der Waals surface area (Å²) in [5, 5.41) is 9.66. The molecule has 0 aliphatic carbocycles. The second kappa shape index (κ2) is 11.8. The molecular weight excluding hydrogens is 477 g/mol. The molecule has 0 saturated carbocycles. The molecule has 0 saturated heterocycles. The number of carbonyl (C=O) groups excluding carboxylic acids is 2. The molecule has 0 bridgehead atoms. The number of ether oxygens (including phenoxy) is 1. The number of carbonyl (C=O) groups is 2. The normalized spacial score (nSPS) is 10.9. The van der Waals surface area contributed by atoms with Gasteiger partial charge in [0.1, 0.15) is 0 Å². The van der Waals surface area contributed by atoms with Crippen LogP contribution in [0.15, 0.2) is 47.4 Å². The summed E-state index contributed by atoms with van der Waals surface area (Å²) in [6.07, 6.45) is -0.183. The summed E-state index contributed by atoms with van der Waals surface area (Å²) in [6, 6.07) is 12.6. The Balaban J connectivity index is 1.90. The molecule has 0 aromatic heterocycles. The SMILES string of the molecule is Cc1cc(N(CCC#N)C(=O)COC(=O)CCNS(=O)(=O)c2cccc(Cl)c2)ccc1Cl. The zero-order valence-electron chi connectivity index (χ0n) is 17.2. The molecule has 1 amide bonds. The quantitative estimate of drug-likeness (QED) is 0.502. The molecule has 0 aliphatic rings. The Morgan fingerprint density at radius 2 is 1.94 bits per heavy atom. The zero-order chi connectivity index (χ0) is 23.7. The Morgan fingerprint density at radius 1 is 1.19 bits per heavy atom. The van der Waals surface area contributed by atoms with Gasteiger partial charge >= 0.3 is 5.97 Å². The number of hydrogen-bond acceptors (Lipinski definition) is 6. The maximum absolute atomic E-state index is 12.6. The van der Waals surface area contributed by atoms with Crippen LogP contribution in [0.25, 0.3) is 0 Å². The Bertz CT molecular complexity index is 1130. The second-order valence-corrected chi connectivity index (χ2v) is 9.26. The van der Waals surface area contributed by atoms with Crippen molar-refractivity contribution in [3.8, 4) is 6.07 Å². The van der Waals surface area contributed by atoms with Gasteiger partial charge < -0.3 is 9.64 Å². The van der Waals surface area contributed by atoms with Crippen molar-refractivity contribution in [2.45, 2.75) is 24.7 Å². The highest BCUT2D eigenvalue weighted by atomic mass is 35.5. The molecule has 32 heavy (non-hydrogen) atoms. The van der Waals surface area contributed by atoms with Crippen LogP contribution in [0, 0.1) is 18.3 Å². The third kappa shape index (κ3) is 7.50. The van der Waals surface area contributed by atoms with Gasteiger partial charge in [-0.05, 0) is 48.9 Å². The van der Waals surface area contributed by atoms with E-state index in [1.807, 2.05) is 6.07 Å². The number of rotatable bonds is 10. The number of amides is 1. The fourth-order valence-electron chi connectivity index (χ4n) is 2.65. The summed E-state index contributed by atoms with van der Waals surface area (Å²) >= 11 is 11.8. The van der Waals surface area contributed by atoms with Crippen molar-refractivity contribution >= 4 is 50.8 Å². The predicted octanol–water partition coefficient (Wildman–Crippen LogP) is 3.46. The van der Waals surface area contributed by atoms with Gasteiger partial charge in [0.25, 0.3) is 5.91 Å². The fourth-order valence-corrected chi connectivity index (χ4v) is 4.10. The first-order valence-electron chi connectivity index (χ1n) is 9.48. The van der Waals surface area contributed by atoms with Gasteiger partial charge in [0.15, 0.2) is 6.61 Å². The van der Waals surface area contributed by atoms with E-state index in [2.05, 4.69) is 4.72 Å². The topological polar surface area (TPSA) is 117 Å². The van der Waals surface area contributed by atoms with E-state index in [1.165, 1.54) is 23.1 Å². The van der Waals surface area contributed by atoms with Crippen LogP contribution in [0.3, 0.4) is 0 Å². The fraction of sp³-hybridized carbons (Fsp3) is 0.286. The Morgan fingerprint density at radius 3 is 2.59 bits per heavy atom. The number of nitriles is 1. The van der Waals surface area contributed by atoms with E-state index in [9.17, 15) is 18.0 Å². The van der Waals surface area contributed by atoms with Gasteiger partial charge in [0.05, 0.1) is 23.8 Å². The molecule has 0 atom stereocenters. The van der Waals surface area contributed by atoms with Crippen molar-refractivity contribution < 1.29 is 22.7 Å². The lowest BCUT2D eigenvalue weighted by molar-refractivity contribution is -0.147. The Hall–Kier alpha value is -2.64. The summed E-state index contributed by atoms with van der Waals surface area (Å²) < 4.78 is 31.7. The van der Waals surface area contributed by atoms with Gasteiger partial charge in [0.2, 0.25) is 10.0 Å². The lowest BCUT2D eigenvalue weighted by atomic mass is 10.2. The van der Waals surface area contributed by atoms with Crippen LogP contribution in [0.4, 0.5) is 5.69 Å². The van der Waals surface area contributed by atoms with Crippen LogP contribution in [0.2, 0.25) is 10.0 Å². The number of nitrogens with zero attached hydrogens (tertiary/aromatic N) is 2. The van der Waals surface area contributed by atoms with Gasteiger partial charge in [-0.1, -0.05) is 29.3 Å². The number of benzene rings is 2. The van der Waals surface area contributed by atoms with Gasteiger partial charge in [0, 0.05) is 28.8 Å². The van der Waals surface area contributed by atoms with E-state index < -0.39 is 28.5 Å². The monoisotopic (exact) mass is 497 g/mol. The number of nitrogens with one attached hydrogen (secondary N) is 1. The number of aryl methyl sites for hydroxylation is 1. The lowest BCUT2D eigenvalue weighted by Crippen LogP contribution is -2.36. The largest absolute Gasteiger partial charge is 0.456 e. The maximum Gasteiger partial charge on any atom is 0.307 e. The molecule has 0 radical (unpaired) electrons. The van der Waals surface area contributed by atoms with Gasteiger partial charge in [-0.2, -0.15) is 5.26 Å². The van der Waals surface area contributed by atoms with Crippen LogP contribution in [-0.2, 0) is 24.3 Å². The molecule has 2 aromatic rings. The van der Waals surface area contributed by atoms with Crippen molar-refractivity contribution in [1.82, 2.24) is 4.72 Å². The smallest absolute Gasteiger partial charge is 0.307 e. The van der Waals surface area contributed by atoms with Crippen LogP contribution >= 0.6 is 23.2 Å². The molecule has 2 rings (SSSR count). The molecule has 0 spiro atoms. The van der Waals surface area contributed by atoms with Gasteiger partial charge in [-0.15, -0.1) is 0 Å². The van der Waals surface area contributed by atoms with Gasteiger partial charge in [-0.25, -0.2) is 13.1 Å². The van der Waals surface area contributed by atoms with E-state index in [1.54, 1.807) is 31.2 Å². The highest BCUT2D eigenvalue weighted by molar-refractivity contribution is 7.89. The first-order valence-corrected chi connectivity index (χ1v) is 11.7. The maximum atomic E-state index is 12.6. The standard InChI is InChI=1S/C21H21Cl2N3O5S/c1-15-12-17(6-7-19(15)23)26(11-3-9-24)20(27)14-31-21(28)8-10-25-32(29,30)18-5-2-4-16(22)13-18/h2,4-7,12-13,25H,3,8,10-11,14H2,1H3. The highest BCUT2D eigenvalue weighted by Crippen LogP contribution is 2.23. The average molecular weight is 498 g/mol. The Labute approximate surface area is 196 Å². The van der Waals surface area contributed by atoms with Crippen molar-refractivity contribution in [3.05, 3.63) is 58.1 Å². The molecule has 0 aliphatic heterocycles. The Kier molecular flexibility index (Phi) is 9.47. The average Bonchev–Trinajstić information content (AvgIpc) is 2.74. The molecular formula is C21H21Cl2N3O5S. The predicted molar refractivity (Wildman–Crippen MR) is 121 cm³/mol. The van der Waals surface area contributed by atoms with Gasteiger partial charge in [-0.3, -0.25) is 9.59 Å². The molecule has 11 heteroatoms. The van der Waals surface area contributed by atoms with Crippen LogP contribution in [0.5, 0.6) is 0 Å². The first kappa shape index (κ1) is 25.6. The summed E-state index contributed by atoms with van der Waals surface area (Å²) in [6.45, 7) is 1.14. The number of hydrogen-bond donors (Lipinski definition) is 1. The van der Waals surface area contributed by atoms with Crippen molar-refractivity contribution in [2.24, 2.45) is 0 Å². The number of esters is 1. The number of halogens is 2. The summed E-state index contributed by atoms with van der Waals surface area (Å²) in [7, 11) is -3.84. The van der Waals surface area contributed by atoms with Crippen LogP contribution in [0.1, 0.15) is 18.4 Å². The molecule has 170 valence electrons. The molecule has 2 aromatic carbocycles. The number of sulfonamides is 1. The van der Waals surface area contributed by atoms with E-state index in [4.69, 9.17) is 33.2 Å². The van der Waals surface area contributed by atoms with Crippen molar-refractivity contribution in [2.75, 3.05) is 24.6 Å². The molecule has 0 fully saturated rings. The molecule has 8 nitrogen and oxygen atoms in total. The molecule has 0 heterocycles. The van der Waals surface area contributed by atoms with E-state index in [-0.39, 0.29) is 35.8 Å². The number of anilines is 1. The van der Waals surface area contributed by atoms with Crippen LogP contribution < -0.4 is 9.62 Å². The van der Waals surface area contributed by atoms with E-state index >= 15 is 0 Å². The highest BCUT2D eigenvalue weighted by Gasteiger charge is 2.19. The third-order valence-corrected chi connectivity index (χ3v) is 6.40.